The van der Waals surface area contributed by atoms with E-state index in [-0.39, 0.29) is 19.3 Å². The van der Waals surface area contributed by atoms with Gasteiger partial charge >= 0.3 is 12.1 Å². The second-order valence-electron chi connectivity index (χ2n) is 15.1. The standard InChI is InChI=1S/C46H51N5O6/c1-7-39-41(38(48-49(39)6)30-56-33-23-21-32(22-24-33)50-25-27-51(28-26-50)45(53)57-46(3,4)5)37-18-12-17-35-36(43(47-42(35)37)44(52)54-8-2)19-13-29-55-40-20-11-15-31-14-9-10-16-34(31)40/h7,9-12,14-18,20-24,47H,1,8,13,19,25-30H2,2-6H3. The van der Waals surface area contributed by atoms with Crippen LogP contribution in [0.25, 0.3) is 38.9 Å². The summed E-state index contributed by atoms with van der Waals surface area (Å²) < 4.78 is 25.5. The number of amides is 1. The van der Waals surface area contributed by atoms with Crippen LogP contribution in [0.5, 0.6) is 11.5 Å². The third-order valence-corrected chi connectivity index (χ3v) is 10.1. The molecule has 11 heteroatoms. The summed E-state index contributed by atoms with van der Waals surface area (Å²) in [5.41, 5.74) is 6.02. The number of para-hydroxylation sites is 1. The molecular weight excluding hydrogens is 719 g/mol. The van der Waals surface area contributed by atoms with Gasteiger partial charge in [-0.25, -0.2) is 9.59 Å². The highest BCUT2D eigenvalue weighted by molar-refractivity contribution is 6.04. The van der Waals surface area contributed by atoms with Crippen molar-refractivity contribution in [1.82, 2.24) is 19.7 Å². The monoisotopic (exact) mass is 769 g/mol. The number of aromatic amines is 1. The van der Waals surface area contributed by atoms with Crippen molar-refractivity contribution in [3.8, 4) is 22.6 Å². The second kappa shape index (κ2) is 16.9. The van der Waals surface area contributed by atoms with Crippen LogP contribution < -0.4 is 14.4 Å². The molecule has 1 fully saturated rings. The lowest BCUT2D eigenvalue weighted by Gasteiger charge is -2.36. The van der Waals surface area contributed by atoms with Crippen molar-refractivity contribution in [3.63, 3.8) is 0 Å². The summed E-state index contributed by atoms with van der Waals surface area (Å²) in [6.07, 6.45) is 2.82. The summed E-state index contributed by atoms with van der Waals surface area (Å²) in [4.78, 5) is 33.4. The molecule has 0 unspecified atom stereocenters. The molecular formula is C46H51N5O6. The Morgan fingerprint density at radius 3 is 2.35 bits per heavy atom. The number of carbonyl (C=O) groups excluding carboxylic acids is 2. The Hall–Kier alpha value is -6.23. The molecule has 1 amide bonds. The minimum Gasteiger partial charge on any atom is -0.493 e. The third-order valence-electron chi connectivity index (χ3n) is 10.1. The number of anilines is 1. The SMILES string of the molecule is C=Cc1c(-c2cccc3c(CCCOc4cccc5ccccc45)c(C(=O)OCC)[nH]c23)c(COc2ccc(N3CCN(C(=O)OC(C)(C)C)CC3)cc2)nn1C. The molecule has 1 saturated heterocycles. The Balaban J connectivity index is 1.08. The van der Waals surface area contributed by atoms with Gasteiger partial charge in [-0.1, -0.05) is 61.2 Å². The summed E-state index contributed by atoms with van der Waals surface area (Å²) in [6.45, 7) is 15.1. The first-order valence-electron chi connectivity index (χ1n) is 19.6. The summed E-state index contributed by atoms with van der Waals surface area (Å²) >= 11 is 0. The molecule has 0 radical (unpaired) electrons. The molecule has 1 aliphatic heterocycles. The molecule has 11 nitrogen and oxygen atoms in total. The number of H-pyrrole nitrogens is 1. The quantitative estimate of drug-likeness (QED) is 0.0915. The molecule has 296 valence electrons. The van der Waals surface area contributed by atoms with Crippen molar-refractivity contribution in [2.75, 3.05) is 44.3 Å². The van der Waals surface area contributed by atoms with E-state index in [0.717, 1.165) is 61.2 Å². The van der Waals surface area contributed by atoms with Crippen molar-refractivity contribution in [1.29, 1.82) is 0 Å². The highest BCUT2D eigenvalue weighted by Gasteiger charge is 2.27. The van der Waals surface area contributed by atoms with Crippen LogP contribution in [0.15, 0.2) is 91.5 Å². The van der Waals surface area contributed by atoms with Gasteiger partial charge in [-0.3, -0.25) is 4.68 Å². The van der Waals surface area contributed by atoms with Crippen LogP contribution in [0.3, 0.4) is 0 Å². The number of ether oxygens (including phenoxy) is 4. The van der Waals surface area contributed by atoms with Crippen LogP contribution >= 0.6 is 0 Å². The van der Waals surface area contributed by atoms with Crippen LogP contribution in [0.2, 0.25) is 0 Å². The Bertz CT molecular complexity index is 2380. The molecule has 0 atom stereocenters. The zero-order valence-corrected chi connectivity index (χ0v) is 33.5. The van der Waals surface area contributed by atoms with Crippen LogP contribution in [0.1, 0.15) is 61.6 Å². The Morgan fingerprint density at radius 2 is 1.61 bits per heavy atom. The molecule has 1 N–H and O–H groups in total. The average Bonchev–Trinajstić information content (AvgIpc) is 3.75. The van der Waals surface area contributed by atoms with Gasteiger partial charge in [0.25, 0.3) is 0 Å². The molecule has 57 heavy (non-hydrogen) atoms. The number of aromatic nitrogens is 3. The van der Waals surface area contributed by atoms with E-state index in [0.29, 0.717) is 57.1 Å². The fraction of sp³-hybridized carbons (Fsp3) is 0.326. The molecule has 1 aliphatic rings. The van der Waals surface area contributed by atoms with E-state index >= 15 is 0 Å². The number of benzene rings is 4. The van der Waals surface area contributed by atoms with Gasteiger partial charge < -0.3 is 33.7 Å². The number of nitrogens with one attached hydrogen (secondary N) is 1. The summed E-state index contributed by atoms with van der Waals surface area (Å²) in [6, 6.07) is 28.3. The Kier molecular flexibility index (Phi) is 11.5. The van der Waals surface area contributed by atoms with Gasteiger partial charge in [-0.15, -0.1) is 0 Å². The van der Waals surface area contributed by atoms with E-state index in [1.54, 1.807) is 15.7 Å². The van der Waals surface area contributed by atoms with Gasteiger partial charge in [0, 0.05) is 60.8 Å². The Morgan fingerprint density at radius 1 is 0.895 bits per heavy atom. The molecule has 0 spiro atoms. The molecule has 0 saturated carbocycles. The van der Waals surface area contributed by atoms with Crippen LogP contribution in [-0.2, 0) is 29.5 Å². The third kappa shape index (κ3) is 8.62. The molecule has 6 aromatic rings. The predicted octanol–water partition coefficient (Wildman–Crippen LogP) is 9.19. The van der Waals surface area contributed by atoms with Gasteiger partial charge in [0.1, 0.15) is 35.1 Å². The summed E-state index contributed by atoms with van der Waals surface area (Å²) in [5.74, 6) is 1.16. The smallest absolute Gasteiger partial charge is 0.410 e. The van der Waals surface area contributed by atoms with E-state index in [9.17, 15) is 9.59 Å². The highest BCUT2D eigenvalue weighted by Crippen LogP contribution is 2.37. The maximum Gasteiger partial charge on any atom is 0.410 e. The van der Waals surface area contributed by atoms with Gasteiger partial charge in [0.05, 0.1) is 24.4 Å². The highest BCUT2D eigenvalue weighted by atomic mass is 16.6. The Labute approximate surface area is 333 Å². The lowest BCUT2D eigenvalue weighted by atomic mass is 9.98. The van der Waals surface area contributed by atoms with Crippen LogP contribution in [0, 0.1) is 0 Å². The first-order chi connectivity index (χ1) is 27.5. The average molecular weight is 770 g/mol. The zero-order valence-electron chi connectivity index (χ0n) is 33.5. The number of fused-ring (bicyclic) bond motifs is 2. The van der Waals surface area contributed by atoms with E-state index in [4.69, 9.17) is 24.0 Å². The van der Waals surface area contributed by atoms with E-state index in [1.807, 2.05) is 101 Å². The van der Waals surface area contributed by atoms with Gasteiger partial charge in [-0.2, -0.15) is 5.10 Å². The lowest BCUT2D eigenvalue weighted by molar-refractivity contribution is 0.0240. The first-order valence-corrected chi connectivity index (χ1v) is 19.6. The number of carbonyl (C=O) groups is 2. The minimum absolute atomic E-state index is 0.213. The van der Waals surface area contributed by atoms with E-state index in [2.05, 4.69) is 34.7 Å². The number of aryl methyl sites for hydroxylation is 2. The number of nitrogens with zero attached hydrogens (tertiary/aromatic N) is 4. The van der Waals surface area contributed by atoms with Crippen LogP contribution in [0.4, 0.5) is 10.5 Å². The maximum absolute atomic E-state index is 13.4. The minimum atomic E-state index is -0.518. The molecule has 3 heterocycles. The summed E-state index contributed by atoms with van der Waals surface area (Å²) in [5, 5.41) is 8.01. The van der Waals surface area contributed by atoms with Gasteiger partial charge in [0.15, 0.2) is 0 Å². The van der Waals surface area contributed by atoms with Gasteiger partial charge in [0.2, 0.25) is 0 Å². The van der Waals surface area contributed by atoms with Crippen molar-refractivity contribution < 1.29 is 28.5 Å². The predicted molar refractivity (Wildman–Crippen MR) is 225 cm³/mol. The molecule has 2 aromatic heterocycles. The topological polar surface area (TPSA) is 111 Å². The largest absolute Gasteiger partial charge is 0.493 e. The number of hydrogen-bond donors (Lipinski definition) is 1. The molecule has 4 aromatic carbocycles. The van der Waals surface area contributed by atoms with Crippen molar-refractivity contribution in [2.24, 2.45) is 7.05 Å². The number of esters is 1. The normalized spacial score (nSPS) is 13.2. The van der Waals surface area contributed by atoms with E-state index < -0.39 is 11.6 Å². The molecule has 0 bridgehead atoms. The molecule has 0 aliphatic carbocycles. The van der Waals surface area contributed by atoms with Crippen molar-refractivity contribution in [3.05, 3.63) is 114 Å². The van der Waals surface area contributed by atoms with Gasteiger partial charge in [-0.05, 0) is 87.9 Å². The van der Waals surface area contributed by atoms with Crippen LogP contribution in [-0.4, -0.2) is 76.7 Å². The molecule has 7 rings (SSSR count). The fourth-order valence-electron chi connectivity index (χ4n) is 7.47. The number of piperazine rings is 1. The number of rotatable bonds is 13. The first kappa shape index (κ1) is 39.0. The second-order valence-corrected chi connectivity index (χ2v) is 15.1. The van der Waals surface area contributed by atoms with E-state index in [1.165, 1.54) is 0 Å². The van der Waals surface area contributed by atoms with Crippen molar-refractivity contribution in [2.45, 2.75) is 52.7 Å². The van der Waals surface area contributed by atoms with Crippen molar-refractivity contribution >= 4 is 45.5 Å². The summed E-state index contributed by atoms with van der Waals surface area (Å²) in [7, 11) is 1.89. The zero-order chi connectivity index (χ0) is 40.1. The fourth-order valence-corrected chi connectivity index (χ4v) is 7.47. The maximum atomic E-state index is 13.4. The lowest BCUT2D eigenvalue weighted by Crippen LogP contribution is -2.50. The number of hydrogen-bond acceptors (Lipinski definition) is 8.